The van der Waals surface area contributed by atoms with Gasteiger partial charge in [0.2, 0.25) is 0 Å². The Labute approximate surface area is 154 Å². The lowest BCUT2D eigenvalue weighted by Crippen LogP contribution is -2.42. The molecule has 2 aromatic carbocycles. The summed E-state index contributed by atoms with van der Waals surface area (Å²) in [5.41, 5.74) is 3.37. The van der Waals surface area contributed by atoms with Crippen molar-refractivity contribution in [3.8, 4) is 16.9 Å². The Balaban J connectivity index is 1.79. The molecule has 0 N–H and O–H groups in total. The minimum atomic E-state index is 0.0655. The van der Waals surface area contributed by atoms with Crippen LogP contribution >= 0.6 is 0 Å². The van der Waals surface area contributed by atoms with Gasteiger partial charge in [0.25, 0.3) is 5.91 Å². The number of hydrogen-bond acceptors (Lipinski definition) is 2. The van der Waals surface area contributed by atoms with Gasteiger partial charge in [0, 0.05) is 18.2 Å². The van der Waals surface area contributed by atoms with Crippen molar-refractivity contribution in [2.45, 2.75) is 32.2 Å². The summed E-state index contributed by atoms with van der Waals surface area (Å²) in [6, 6.07) is 22.1. The number of hydrogen-bond donors (Lipinski definition) is 0. The highest BCUT2D eigenvalue weighted by Gasteiger charge is 2.28. The Morgan fingerprint density at radius 1 is 1.00 bits per heavy atom. The summed E-state index contributed by atoms with van der Waals surface area (Å²) in [7, 11) is 0. The normalized spacial score (nSPS) is 17.3. The summed E-state index contributed by atoms with van der Waals surface area (Å²) < 4.78 is 1.78. The summed E-state index contributed by atoms with van der Waals surface area (Å²) >= 11 is 0. The molecule has 1 aromatic heterocycles. The van der Waals surface area contributed by atoms with Crippen molar-refractivity contribution in [2.24, 2.45) is 0 Å². The van der Waals surface area contributed by atoms with Crippen LogP contribution in [0.2, 0.25) is 0 Å². The molecule has 0 radical (unpaired) electrons. The lowest BCUT2D eigenvalue weighted by molar-refractivity contribution is 0.0626. The standard InChI is InChI=1S/C22H23N3O/c1-17-10-8-9-15-24(17)22(26)21-16-20(18-11-4-2-5-12-18)23-25(21)19-13-6-3-7-14-19/h2-7,11-14,16-17H,8-10,15H2,1H3/t17-/m0/s1. The van der Waals surface area contributed by atoms with Crippen molar-refractivity contribution in [1.82, 2.24) is 14.7 Å². The van der Waals surface area contributed by atoms with Crippen LogP contribution in [-0.2, 0) is 0 Å². The number of carbonyl (C=O) groups excluding carboxylic acids is 1. The zero-order valence-electron chi connectivity index (χ0n) is 15.0. The van der Waals surface area contributed by atoms with Gasteiger partial charge in [-0.25, -0.2) is 4.68 Å². The molecule has 3 aromatic rings. The molecule has 1 aliphatic heterocycles. The van der Waals surface area contributed by atoms with Crippen LogP contribution in [0.25, 0.3) is 16.9 Å². The van der Waals surface area contributed by atoms with E-state index in [9.17, 15) is 4.79 Å². The van der Waals surface area contributed by atoms with Gasteiger partial charge in [-0.1, -0.05) is 48.5 Å². The van der Waals surface area contributed by atoms with E-state index in [2.05, 4.69) is 6.92 Å². The highest BCUT2D eigenvalue weighted by Crippen LogP contribution is 2.25. The number of benzene rings is 2. The topological polar surface area (TPSA) is 38.1 Å². The molecule has 0 spiro atoms. The number of likely N-dealkylation sites (tertiary alicyclic amines) is 1. The SMILES string of the molecule is C[C@H]1CCCCN1C(=O)c1cc(-c2ccccc2)nn1-c1ccccc1. The summed E-state index contributed by atoms with van der Waals surface area (Å²) in [6.45, 7) is 2.96. The molecule has 4 heteroatoms. The van der Waals surface area contributed by atoms with Crippen molar-refractivity contribution in [2.75, 3.05) is 6.54 Å². The largest absolute Gasteiger partial charge is 0.335 e. The average molecular weight is 345 g/mol. The summed E-state index contributed by atoms with van der Waals surface area (Å²) in [4.78, 5) is 15.3. The van der Waals surface area contributed by atoms with Crippen molar-refractivity contribution in [3.63, 3.8) is 0 Å². The maximum atomic E-state index is 13.3. The van der Waals surface area contributed by atoms with E-state index in [1.807, 2.05) is 71.6 Å². The van der Waals surface area contributed by atoms with Crippen LogP contribution in [0.15, 0.2) is 66.7 Å². The van der Waals surface area contributed by atoms with E-state index in [1.54, 1.807) is 4.68 Å². The second-order valence-corrected chi connectivity index (χ2v) is 6.87. The van der Waals surface area contributed by atoms with Crippen molar-refractivity contribution in [1.29, 1.82) is 0 Å². The van der Waals surface area contributed by atoms with Crippen LogP contribution in [0.1, 0.15) is 36.7 Å². The van der Waals surface area contributed by atoms with E-state index in [1.165, 1.54) is 6.42 Å². The molecule has 0 aliphatic carbocycles. The summed E-state index contributed by atoms with van der Waals surface area (Å²) in [5.74, 6) is 0.0655. The van der Waals surface area contributed by atoms with Crippen LogP contribution in [0.5, 0.6) is 0 Å². The van der Waals surface area contributed by atoms with Gasteiger partial charge >= 0.3 is 0 Å². The first-order valence-electron chi connectivity index (χ1n) is 9.26. The third kappa shape index (κ3) is 3.15. The molecule has 0 unspecified atom stereocenters. The average Bonchev–Trinajstić information content (AvgIpc) is 3.15. The molecule has 4 nitrogen and oxygen atoms in total. The first-order valence-corrected chi connectivity index (χ1v) is 9.26. The van der Waals surface area contributed by atoms with E-state index in [4.69, 9.17) is 5.10 Å². The predicted molar refractivity (Wildman–Crippen MR) is 103 cm³/mol. The van der Waals surface area contributed by atoms with E-state index < -0.39 is 0 Å². The van der Waals surface area contributed by atoms with E-state index >= 15 is 0 Å². The fourth-order valence-electron chi connectivity index (χ4n) is 3.60. The first-order chi connectivity index (χ1) is 12.7. The number of aromatic nitrogens is 2. The zero-order chi connectivity index (χ0) is 17.9. The third-order valence-corrected chi connectivity index (χ3v) is 5.06. The number of nitrogens with zero attached hydrogens (tertiary/aromatic N) is 3. The molecule has 132 valence electrons. The van der Waals surface area contributed by atoms with Gasteiger partial charge in [0.15, 0.2) is 0 Å². The zero-order valence-corrected chi connectivity index (χ0v) is 15.0. The molecule has 0 bridgehead atoms. The van der Waals surface area contributed by atoms with E-state index in [0.717, 1.165) is 36.3 Å². The van der Waals surface area contributed by atoms with Gasteiger partial charge in [-0.15, -0.1) is 0 Å². The molecule has 4 rings (SSSR count). The fraction of sp³-hybridized carbons (Fsp3) is 0.273. The smallest absolute Gasteiger partial charge is 0.272 e. The fourth-order valence-corrected chi connectivity index (χ4v) is 3.60. The van der Waals surface area contributed by atoms with Crippen molar-refractivity contribution in [3.05, 3.63) is 72.4 Å². The molecule has 1 aliphatic rings. The van der Waals surface area contributed by atoms with Crippen LogP contribution in [0.3, 0.4) is 0 Å². The highest BCUT2D eigenvalue weighted by molar-refractivity contribution is 5.94. The second-order valence-electron chi connectivity index (χ2n) is 6.87. The monoisotopic (exact) mass is 345 g/mol. The predicted octanol–water partition coefficient (Wildman–Crippen LogP) is 4.55. The maximum Gasteiger partial charge on any atom is 0.272 e. The summed E-state index contributed by atoms with van der Waals surface area (Å²) in [5, 5.41) is 4.76. The first kappa shape index (κ1) is 16.6. The maximum absolute atomic E-state index is 13.3. The number of carbonyl (C=O) groups is 1. The molecule has 1 atom stereocenters. The molecule has 1 saturated heterocycles. The number of piperidine rings is 1. The molecular formula is C22H23N3O. The lowest BCUT2D eigenvalue weighted by Gasteiger charge is -2.33. The number of amides is 1. The minimum absolute atomic E-state index is 0.0655. The van der Waals surface area contributed by atoms with Gasteiger partial charge in [-0.05, 0) is 44.4 Å². The highest BCUT2D eigenvalue weighted by atomic mass is 16.2. The van der Waals surface area contributed by atoms with Gasteiger partial charge in [-0.2, -0.15) is 5.10 Å². The van der Waals surface area contributed by atoms with E-state index in [0.29, 0.717) is 5.69 Å². The Hall–Kier alpha value is -2.88. The van der Waals surface area contributed by atoms with Crippen LogP contribution in [0, 0.1) is 0 Å². The lowest BCUT2D eigenvalue weighted by atomic mass is 10.0. The van der Waals surface area contributed by atoms with Crippen molar-refractivity contribution < 1.29 is 4.79 Å². The molecular weight excluding hydrogens is 322 g/mol. The Bertz CT molecular complexity index is 886. The van der Waals surface area contributed by atoms with Crippen molar-refractivity contribution >= 4 is 5.91 Å². The van der Waals surface area contributed by atoms with Gasteiger partial charge in [0.05, 0.1) is 11.4 Å². The van der Waals surface area contributed by atoms with E-state index in [-0.39, 0.29) is 11.9 Å². The van der Waals surface area contributed by atoms with Crippen LogP contribution in [0.4, 0.5) is 0 Å². The molecule has 26 heavy (non-hydrogen) atoms. The number of para-hydroxylation sites is 1. The third-order valence-electron chi connectivity index (χ3n) is 5.06. The van der Waals surface area contributed by atoms with Gasteiger partial charge in [0.1, 0.15) is 5.69 Å². The van der Waals surface area contributed by atoms with Crippen LogP contribution < -0.4 is 0 Å². The van der Waals surface area contributed by atoms with Gasteiger partial charge < -0.3 is 4.90 Å². The van der Waals surface area contributed by atoms with Crippen LogP contribution in [-0.4, -0.2) is 33.2 Å². The Morgan fingerprint density at radius 3 is 2.38 bits per heavy atom. The molecule has 0 saturated carbocycles. The summed E-state index contributed by atoms with van der Waals surface area (Å²) in [6.07, 6.45) is 3.33. The number of rotatable bonds is 3. The quantitative estimate of drug-likeness (QED) is 0.698. The Morgan fingerprint density at radius 2 is 1.69 bits per heavy atom. The molecule has 1 amide bonds. The minimum Gasteiger partial charge on any atom is -0.335 e. The van der Waals surface area contributed by atoms with Gasteiger partial charge in [-0.3, -0.25) is 4.79 Å². The Kier molecular flexibility index (Phi) is 4.57. The molecule has 1 fully saturated rings. The molecule has 2 heterocycles. The second kappa shape index (κ2) is 7.16.